The number of halogens is 2. The molecular formula is C16H34Cl2MoN2. The van der Waals surface area contributed by atoms with Gasteiger partial charge in [-0.3, -0.25) is 0 Å². The molecule has 0 fully saturated rings. The average molecular weight is 421 g/mol. The van der Waals surface area contributed by atoms with Gasteiger partial charge in [0.2, 0.25) is 0 Å². The van der Waals surface area contributed by atoms with Crippen LogP contribution in [-0.4, -0.2) is 11.1 Å². The monoisotopic (exact) mass is 422 g/mol. The quantitative estimate of drug-likeness (QED) is 0.428. The van der Waals surface area contributed by atoms with E-state index in [1.807, 2.05) is 0 Å². The first kappa shape index (κ1) is 21.9. The summed E-state index contributed by atoms with van der Waals surface area (Å²) < 4.78 is 9.59. The first-order valence-electron chi connectivity index (χ1n) is 7.54. The molecule has 0 atom stereocenters. The van der Waals surface area contributed by atoms with Crippen molar-refractivity contribution in [1.29, 1.82) is 0 Å². The van der Waals surface area contributed by atoms with Crippen molar-refractivity contribution in [1.82, 2.24) is 0 Å². The number of hydrogen-bond donors (Lipinski definition) is 0. The van der Waals surface area contributed by atoms with Gasteiger partial charge >= 0.3 is 143 Å². The molecule has 0 aliphatic carbocycles. The molecule has 0 bridgehead atoms. The van der Waals surface area contributed by atoms with Crippen molar-refractivity contribution >= 4 is 18.8 Å². The van der Waals surface area contributed by atoms with Gasteiger partial charge in [-0.25, -0.2) is 0 Å². The van der Waals surface area contributed by atoms with Gasteiger partial charge < -0.3 is 0 Å². The summed E-state index contributed by atoms with van der Waals surface area (Å²) in [6.07, 6.45) is 1.89. The van der Waals surface area contributed by atoms with Crippen LogP contribution in [-0.2, 0) is 13.6 Å². The topological polar surface area (TPSA) is 24.7 Å². The van der Waals surface area contributed by atoms with E-state index < -0.39 is 13.6 Å². The molecule has 21 heavy (non-hydrogen) atoms. The molecule has 0 aromatic heterocycles. The maximum absolute atomic E-state index is 6.59. The van der Waals surface area contributed by atoms with E-state index >= 15 is 0 Å². The van der Waals surface area contributed by atoms with E-state index in [1.165, 1.54) is 0 Å². The summed E-state index contributed by atoms with van der Waals surface area (Å²) in [7, 11) is 13.2. The minimum absolute atomic E-state index is 0.195. The van der Waals surface area contributed by atoms with Crippen LogP contribution in [0.15, 0.2) is 6.99 Å². The third kappa shape index (κ3) is 12.0. The molecule has 0 radical (unpaired) electrons. The van der Waals surface area contributed by atoms with Gasteiger partial charge in [0.1, 0.15) is 0 Å². The molecule has 128 valence electrons. The molecule has 0 unspecified atom stereocenters. The average Bonchev–Trinajstić information content (AvgIpc) is 1.83. The van der Waals surface area contributed by atoms with Crippen LogP contribution >= 0.6 is 18.8 Å². The predicted octanol–water partition coefficient (Wildman–Crippen LogP) is 7.24. The molecular weight excluding hydrogens is 387 g/mol. The molecule has 0 amide bonds. The minimum atomic E-state index is -3.56. The Balaban J connectivity index is 5.54. The zero-order valence-corrected chi connectivity index (χ0v) is 19.0. The van der Waals surface area contributed by atoms with Crippen LogP contribution in [0.4, 0.5) is 0 Å². The summed E-state index contributed by atoms with van der Waals surface area (Å²) >= 11 is -3.56. The van der Waals surface area contributed by atoms with E-state index in [4.69, 9.17) is 25.8 Å². The van der Waals surface area contributed by atoms with Crippen molar-refractivity contribution in [3.63, 3.8) is 0 Å². The second-order valence-electron chi connectivity index (χ2n) is 9.70. The van der Waals surface area contributed by atoms with Gasteiger partial charge in [-0.1, -0.05) is 0 Å². The fraction of sp³-hybridized carbons (Fsp3) is 1.00. The molecule has 0 aromatic rings. The normalized spacial score (nSPS) is 15.0. The van der Waals surface area contributed by atoms with Gasteiger partial charge in [0, 0.05) is 0 Å². The first-order valence-corrected chi connectivity index (χ1v) is 14.5. The molecule has 5 heteroatoms. The van der Waals surface area contributed by atoms with Crippen molar-refractivity contribution in [2.75, 3.05) is 0 Å². The van der Waals surface area contributed by atoms with Crippen LogP contribution in [0.25, 0.3) is 0 Å². The Labute approximate surface area is 143 Å². The Morgan fingerprint density at radius 3 is 1.05 bits per heavy atom. The van der Waals surface area contributed by atoms with Crippen molar-refractivity contribution < 1.29 is 13.6 Å². The van der Waals surface area contributed by atoms with Crippen LogP contribution in [0.1, 0.15) is 82.1 Å². The van der Waals surface area contributed by atoms with Crippen LogP contribution in [0, 0.1) is 10.8 Å². The molecule has 2 nitrogen and oxygen atoms in total. The van der Waals surface area contributed by atoms with Crippen molar-refractivity contribution in [3.05, 3.63) is 0 Å². The predicted molar refractivity (Wildman–Crippen MR) is 92.9 cm³/mol. The summed E-state index contributed by atoms with van der Waals surface area (Å²) in [6.45, 7) is 21.7. The van der Waals surface area contributed by atoms with Gasteiger partial charge in [-0.05, 0) is 0 Å². The summed E-state index contributed by atoms with van der Waals surface area (Å²) in [5.41, 5.74) is -0.0742. The van der Waals surface area contributed by atoms with E-state index in [0.717, 1.165) is 12.8 Å². The Kier molecular flexibility index (Phi) is 7.06. The Morgan fingerprint density at radius 2 is 0.857 bits per heavy atom. The van der Waals surface area contributed by atoms with Gasteiger partial charge in [-0.2, -0.15) is 0 Å². The molecule has 0 aliphatic rings. The second kappa shape index (κ2) is 6.78. The van der Waals surface area contributed by atoms with E-state index in [0.29, 0.717) is 0 Å². The standard InChI is InChI=1S/2C8H17N.2ClH.Mo/c2*1-7(2,3)6-8(4,5)9;;;/h2*6H2,1-5H3;2*1H;/q;;;;+2/p-2. The molecule has 0 rings (SSSR count). The van der Waals surface area contributed by atoms with Crippen molar-refractivity contribution in [2.24, 2.45) is 17.8 Å². The fourth-order valence-electron chi connectivity index (χ4n) is 3.28. The van der Waals surface area contributed by atoms with Crippen LogP contribution < -0.4 is 0 Å². The summed E-state index contributed by atoms with van der Waals surface area (Å²) in [5, 5.41) is 0. The fourth-order valence-corrected chi connectivity index (χ4v) is 11.0. The van der Waals surface area contributed by atoms with E-state index in [9.17, 15) is 0 Å². The molecule has 0 saturated carbocycles. The van der Waals surface area contributed by atoms with Gasteiger partial charge in [0.05, 0.1) is 0 Å². The molecule has 0 saturated heterocycles. The number of hydrogen-bond acceptors (Lipinski definition) is 2. The molecule has 0 aliphatic heterocycles. The maximum atomic E-state index is 6.59. The Hall–Kier alpha value is 0.868. The summed E-state index contributed by atoms with van der Waals surface area (Å²) in [6, 6.07) is 0. The molecule has 0 N–H and O–H groups in total. The van der Waals surface area contributed by atoms with Gasteiger partial charge in [0.25, 0.3) is 0 Å². The van der Waals surface area contributed by atoms with Crippen molar-refractivity contribution in [2.45, 2.75) is 93.2 Å². The van der Waals surface area contributed by atoms with E-state index in [2.05, 4.69) is 69.2 Å². The molecule has 0 aromatic carbocycles. The van der Waals surface area contributed by atoms with Gasteiger partial charge in [-0.15, -0.1) is 0 Å². The zero-order chi connectivity index (χ0) is 17.3. The van der Waals surface area contributed by atoms with E-state index in [1.54, 1.807) is 0 Å². The molecule has 0 spiro atoms. The summed E-state index contributed by atoms with van der Waals surface area (Å²) in [5.74, 6) is 0. The zero-order valence-electron chi connectivity index (χ0n) is 15.5. The van der Waals surface area contributed by atoms with Crippen LogP contribution in [0.5, 0.6) is 0 Å². The Bertz CT molecular complexity index is 423. The van der Waals surface area contributed by atoms with Crippen LogP contribution in [0.2, 0.25) is 0 Å². The van der Waals surface area contributed by atoms with E-state index in [-0.39, 0.29) is 21.9 Å². The third-order valence-corrected chi connectivity index (χ3v) is 7.78. The Morgan fingerprint density at radius 1 is 0.619 bits per heavy atom. The second-order valence-corrected chi connectivity index (χ2v) is 18.7. The summed E-state index contributed by atoms with van der Waals surface area (Å²) in [4.78, 5) is 0. The number of nitrogens with zero attached hydrogens (tertiary/aromatic N) is 2. The third-order valence-electron chi connectivity index (χ3n) is 2.64. The SMILES string of the molecule is CC(C)(C)CC(C)(C)[N]=[Mo]([Cl])([Cl])=[N]C(C)(C)CC(C)(C)C. The van der Waals surface area contributed by atoms with Crippen molar-refractivity contribution in [3.8, 4) is 0 Å². The van der Waals surface area contributed by atoms with Gasteiger partial charge in [0.15, 0.2) is 0 Å². The first-order chi connectivity index (χ1) is 8.83. The molecule has 0 heterocycles. The van der Waals surface area contributed by atoms with Crippen LogP contribution in [0.3, 0.4) is 0 Å². The number of rotatable bonds is 4.